The summed E-state index contributed by atoms with van der Waals surface area (Å²) in [5.41, 5.74) is 1.04. The molecule has 0 saturated carbocycles. The predicted octanol–water partition coefficient (Wildman–Crippen LogP) is 5.39. The van der Waals surface area contributed by atoms with Gasteiger partial charge in [0.2, 0.25) is 0 Å². The predicted molar refractivity (Wildman–Crippen MR) is 85.4 cm³/mol. The van der Waals surface area contributed by atoms with Crippen LogP contribution in [0.3, 0.4) is 0 Å². The lowest BCUT2D eigenvalue weighted by Crippen LogP contribution is -2.25. The lowest BCUT2D eigenvalue weighted by Gasteiger charge is -2.27. The van der Waals surface area contributed by atoms with Crippen LogP contribution in [-0.4, -0.2) is 6.54 Å². The van der Waals surface area contributed by atoms with E-state index in [1.165, 1.54) is 0 Å². The smallest absolute Gasteiger partial charge is 0.163 e. The van der Waals surface area contributed by atoms with Gasteiger partial charge in [0.05, 0.1) is 0 Å². The number of hydrogen-bond donors (Lipinski definition) is 1. The van der Waals surface area contributed by atoms with Crippen molar-refractivity contribution >= 4 is 0 Å². The summed E-state index contributed by atoms with van der Waals surface area (Å²) in [5.74, 6) is -0.986. The summed E-state index contributed by atoms with van der Waals surface area (Å²) in [4.78, 5) is 0. The van der Waals surface area contributed by atoms with E-state index in [4.69, 9.17) is 0 Å². The summed E-state index contributed by atoms with van der Waals surface area (Å²) in [6.45, 7) is 13.1. The molecular formula is C18H29F2N. The SMILES string of the molecule is CCNC(CC(C)CC(C)(C)C)c1ccc(C)c(F)c1F. The van der Waals surface area contributed by atoms with Crippen molar-refractivity contribution in [1.29, 1.82) is 0 Å². The summed E-state index contributed by atoms with van der Waals surface area (Å²) < 4.78 is 28.0. The molecule has 1 nitrogen and oxygen atoms in total. The van der Waals surface area contributed by atoms with Crippen LogP contribution >= 0.6 is 0 Å². The molecule has 0 amide bonds. The Hall–Kier alpha value is -0.960. The fraction of sp³-hybridized carbons (Fsp3) is 0.667. The maximum Gasteiger partial charge on any atom is 0.163 e. The minimum Gasteiger partial charge on any atom is -0.310 e. The van der Waals surface area contributed by atoms with E-state index >= 15 is 0 Å². The molecule has 120 valence electrons. The lowest BCUT2D eigenvalue weighted by molar-refractivity contribution is 0.274. The minimum atomic E-state index is -0.723. The molecule has 3 heteroatoms. The van der Waals surface area contributed by atoms with Crippen LogP contribution in [-0.2, 0) is 0 Å². The Kier molecular flexibility index (Phi) is 6.33. The molecule has 1 N–H and O–H groups in total. The second kappa shape index (κ2) is 7.35. The fourth-order valence-electron chi connectivity index (χ4n) is 3.03. The normalized spacial score (nSPS) is 15.0. The molecule has 2 atom stereocenters. The van der Waals surface area contributed by atoms with Gasteiger partial charge in [0.25, 0.3) is 0 Å². The number of rotatable bonds is 6. The molecule has 0 bridgehead atoms. The molecule has 1 aromatic rings. The highest BCUT2D eigenvalue weighted by Crippen LogP contribution is 2.32. The monoisotopic (exact) mass is 297 g/mol. The summed E-state index contributed by atoms with van der Waals surface area (Å²) >= 11 is 0. The van der Waals surface area contributed by atoms with Gasteiger partial charge in [0.1, 0.15) is 0 Å². The third kappa shape index (κ3) is 5.39. The number of nitrogens with one attached hydrogen (secondary N) is 1. The highest BCUT2D eigenvalue weighted by Gasteiger charge is 2.23. The van der Waals surface area contributed by atoms with Gasteiger partial charge in [-0.05, 0) is 43.2 Å². The van der Waals surface area contributed by atoms with Crippen molar-refractivity contribution < 1.29 is 8.78 Å². The number of aryl methyl sites for hydroxylation is 1. The maximum atomic E-state index is 14.2. The summed E-state index contributed by atoms with van der Waals surface area (Å²) in [7, 11) is 0. The van der Waals surface area contributed by atoms with Gasteiger partial charge < -0.3 is 5.32 Å². The van der Waals surface area contributed by atoms with E-state index < -0.39 is 11.6 Å². The first-order valence-corrected chi connectivity index (χ1v) is 7.83. The van der Waals surface area contributed by atoms with Gasteiger partial charge in [0.15, 0.2) is 11.6 Å². The van der Waals surface area contributed by atoms with Gasteiger partial charge in [-0.1, -0.05) is 46.8 Å². The van der Waals surface area contributed by atoms with Crippen LogP contribution in [0.5, 0.6) is 0 Å². The number of halogens is 2. The standard InChI is InChI=1S/C18H29F2N/c1-7-21-15(10-12(2)11-18(4,5)6)14-9-8-13(3)16(19)17(14)20/h8-9,12,15,21H,7,10-11H2,1-6H3. The van der Waals surface area contributed by atoms with E-state index in [9.17, 15) is 8.78 Å². The molecule has 0 heterocycles. The Labute approximate surface area is 128 Å². The Morgan fingerprint density at radius 3 is 2.29 bits per heavy atom. The van der Waals surface area contributed by atoms with Crippen molar-refractivity contribution in [1.82, 2.24) is 5.32 Å². The molecule has 0 spiro atoms. The number of hydrogen-bond acceptors (Lipinski definition) is 1. The Morgan fingerprint density at radius 1 is 1.14 bits per heavy atom. The molecule has 0 aliphatic heterocycles. The molecule has 0 fully saturated rings. The first-order valence-electron chi connectivity index (χ1n) is 7.83. The van der Waals surface area contributed by atoms with E-state index in [-0.39, 0.29) is 11.5 Å². The van der Waals surface area contributed by atoms with E-state index in [1.807, 2.05) is 6.92 Å². The van der Waals surface area contributed by atoms with Crippen LogP contribution in [0.15, 0.2) is 12.1 Å². The average Bonchev–Trinajstić information content (AvgIpc) is 2.33. The average molecular weight is 297 g/mol. The topological polar surface area (TPSA) is 12.0 Å². The summed E-state index contributed by atoms with van der Waals surface area (Å²) in [6, 6.07) is 3.24. The third-order valence-corrected chi connectivity index (χ3v) is 3.73. The van der Waals surface area contributed by atoms with E-state index in [0.717, 1.165) is 19.4 Å². The van der Waals surface area contributed by atoms with Gasteiger partial charge in [-0.3, -0.25) is 0 Å². The zero-order valence-electron chi connectivity index (χ0n) is 14.2. The van der Waals surface area contributed by atoms with Crippen molar-refractivity contribution in [2.24, 2.45) is 11.3 Å². The Bertz CT molecular complexity index is 463. The molecule has 0 aromatic heterocycles. The van der Waals surface area contributed by atoms with Crippen LogP contribution in [0.1, 0.15) is 64.6 Å². The highest BCUT2D eigenvalue weighted by molar-refractivity contribution is 5.28. The zero-order valence-corrected chi connectivity index (χ0v) is 14.2. The van der Waals surface area contributed by atoms with E-state index in [1.54, 1.807) is 19.1 Å². The molecule has 21 heavy (non-hydrogen) atoms. The van der Waals surface area contributed by atoms with Gasteiger partial charge in [-0.2, -0.15) is 0 Å². The quantitative estimate of drug-likeness (QED) is 0.742. The molecule has 0 radical (unpaired) electrons. The van der Waals surface area contributed by atoms with Gasteiger partial charge in [-0.25, -0.2) is 8.78 Å². The van der Waals surface area contributed by atoms with Gasteiger partial charge in [0, 0.05) is 11.6 Å². The van der Waals surface area contributed by atoms with E-state index in [0.29, 0.717) is 17.0 Å². The summed E-state index contributed by atoms with van der Waals surface area (Å²) in [6.07, 6.45) is 1.87. The minimum absolute atomic E-state index is 0.137. The van der Waals surface area contributed by atoms with Crippen molar-refractivity contribution in [3.05, 3.63) is 34.9 Å². The van der Waals surface area contributed by atoms with Gasteiger partial charge >= 0.3 is 0 Å². The van der Waals surface area contributed by atoms with Crippen LogP contribution in [0.25, 0.3) is 0 Å². The van der Waals surface area contributed by atoms with Crippen molar-refractivity contribution in [2.75, 3.05) is 6.54 Å². The van der Waals surface area contributed by atoms with Crippen LogP contribution in [0, 0.1) is 29.9 Å². The van der Waals surface area contributed by atoms with Gasteiger partial charge in [-0.15, -0.1) is 0 Å². The zero-order chi connectivity index (χ0) is 16.2. The maximum absolute atomic E-state index is 14.2. The number of benzene rings is 1. The Morgan fingerprint density at radius 2 is 1.76 bits per heavy atom. The molecule has 0 saturated heterocycles. The molecule has 1 rings (SSSR count). The first kappa shape index (κ1) is 18.1. The summed E-state index contributed by atoms with van der Waals surface area (Å²) in [5, 5.41) is 3.30. The van der Waals surface area contributed by atoms with Crippen LogP contribution < -0.4 is 5.32 Å². The molecule has 1 aromatic carbocycles. The third-order valence-electron chi connectivity index (χ3n) is 3.73. The molecule has 0 aliphatic carbocycles. The highest BCUT2D eigenvalue weighted by atomic mass is 19.2. The second-order valence-electron chi connectivity index (χ2n) is 7.32. The molecular weight excluding hydrogens is 268 g/mol. The van der Waals surface area contributed by atoms with Crippen LogP contribution in [0.4, 0.5) is 8.78 Å². The van der Waals surface area contributed by atoms with Crippen molar-refractivity contribution in [2.45, 2.75) is 60.4 Å². The second-order valence-corrected chi connectivity index (χ2v) is 7.32. The van der Waals surface area contributed by atoms with E-state index in [2.05, 4.69) is 33.0 Å². The van der Waals surface area contributed by atoms with Crippen molar-refractivity contribution in [3.63, 3.8) is 0 Å². The largest absolute Gasteiger partial charge is 0.310 e. The lowest BCUT2D eigenvalue weighted by atomic mass is 9.82. The van der Waals surface area contributed by atoms with Crippen molar-refractivity contribution in [3.8, 4) is 0 Å². The first-order chi connectivity index (χ1) is 9.65. The fourth-order valence-corrected chi connectivity index (χ4v) is 3.03. The molecule has 2 unspecified atom stereocenters. The van der Waals surface area contributed by atoms with Crippen LogP contribution in [0.2, 0.25) is 0 Å². The molecule has 0 aliphatic rings. The Balaban J connectivity index is 2.94.